The molecule has 5 amide bonds. The minimum atomic E-state index is -1.08. The van der Waals surface area contributed by atoms with E-state index in [4.69, 9.17) is 19.4 Å². The van der Waals surface area contributed by atoms with Crippen LogP contribution in [0.25, 0.3) is 21.9 Å². The quantitative estimate of drug-likeness (QED) is 0.154. The first kappa shape index (κ1) is 43.3. The van der Waals surface area contributed by atoms with E-state index in [-0.39, 0.29) is 50.4 Å². The highest BCUT2D eigenvalue weighted by Gasteiger charge is 2.29. The number of para-hydroxylation sites is 1. The maximum atomic E-state index is 13.8. The SMILES string of the molecule is CC(N)=O.CCCN(CC(=O)NC(C(=O)Nc1nc2ccccc2c2c1nc(COCC)n2CC(C)(C)O)C(C)C)C(=O)CNC(=O)OC(C)(C)C. The molecule has 1 aromatic carbocycles. The van der Waals surface area contributed by atoms with Gasteiger partial charge in [-0.3, -0.25) is 19.2 Å². The number of amides is 5. The first-order chi connectivity index (χ1) is 24.2. The van der Waals surface area contributed by atoms with E-state index >= 15 is 0 Å². The Morgan fingerprint density at radius 2 is 1.67 bits per heavy atom. The standard InChI is InChI=1S/C34H51N7O7.C2H5NO/c1-10-16-40(26(43)17-35-32(45)48-33(5,6)7)18-25(42)38-27(21(3)4)31(44)39-30-28-29(22-14-12-13-15-23(22)36-30)41(20-34(8,9)46)24(37-28)19-47-11-2;1-2(3)4/h12-15,21,27,46H,10-11,16-20H2,1-9H3,(H,35,45)(H,38,42)(H,36,39,44);1H3,(H2,3,4). The third kappa shape index (κ3) is 13.7. The van der Waals surface area contributed by atoms with Crippen molar-refractivity contribution in [2.45, 2.75) is 106 Å². The lowest BCUT2D eigenvalue weighted by Gasteiger charge is -2.26. The van der Waals surface area contributed by atoms with E-state index in [0.29, 0.717) is 35.4 Å². The summed E-state index contributed by atoms with van der Waals surface area (Å²) < 4.78 is 12.8. The molecule has 0 saturated heterocycles. The molecule has 6 N–H and O–H groups in total. The van der Waals surface area contributed by atoms with Gasteiger partial charge in [-0.1, -0.05) is 39.0 Å². The van der Waals surface area contributed by atoms with Crippen molar-refractivity contribution in [3.05, 3.63) is 30.1 Å². The van der Waals surface area contributed by atoms with Gasteiger partial charge in [0.05, 0.1) is 29.7 Å². The third-order valence-electron chi connectivity index (χ3n) is 7.11. The van der Waals surface area contributed by atoms with Crippen molar-refractivity contribution in [1.82, 2.24) is 30.1 Å². The number of rotatable bonds is 15. The topological polar surface area (TPSA) is 220 Å². The average Bonchev–Trinajstić information content (AvgIpc) is 3.37. The number of nitrogens with zero attached hydrogens (tertiary/aromatic N) is 4. The number of carbonyl (C=O) groups excluding carboxylic acids is 5. The molecule has 3 aromatic rings. The molecule has 0 saturated carbocycles. The summed E-state index contributed by atoms with van der Waals surface area (Å²) in [6.07, 6.45) is -0.159. The van der Waals surface area contributed by atoms with Gasteiger partial charge in [0, 0.05) is 25.5 Å². The number of pyridine rings is 1. The number of nitrogens with one attached hydrogen (secondary N) is 3. The molecule has 16 nitrogen and oxygen atoms in total. The van der Waals surface area contributed by atoms with Crippen molar-refractivity contribution in [1.29, 1.82) is 0 Å². The summed E-state index contributed by atoms with van der Waals surface area (Å²) in [5, 5.41) is 19.6. The van der Waals surface area contributed by atoms with Crippen LogP contribution in [0, 0.1) is 5.92 Å². The number of hydrogen-bond donors (Lipinski definition) is 5. The molecule has 16 heteroatoms. The number of aromatic nitrogens is 3. The number of ether oxygens (including phenoxy) is 2. The molecule has 1 atom stereocenters. The Kier molecular flexibility index (Phi) is 15.9. The number of imidazole rings is 1. The minimum Gasteiger partial charge on any atom is -0.444 e. The molecule has 0 radical (unpaired) electrons. The number of fused-ring (bicyclic) bond motifs is 3. The van der Waals surface area contributed by atoms with Crippen LogP contribution in [0.3, 0.4) is 0 Å². The summed E-state index contributed by atoms with van der Waals surface area (Å²) >= 11 is 0. The summed E-state index contributed by atoms with van der Waals surface area (Å²) in [6, 6.07) is 6.49. The van der Waals surface area contributed by atoms with Gasteiger partial charge >= 0.3 is 6.09 Å². The average molecular weight is 729 g/mol. The molecular weight excluding hydrogens is 672 g/mol. The molecule has 0 spiro atoms. The Morgan fingerprint density at radius 1 is 1.04 bits per heavy atom. The van der Waals surface area contributed by atoms with Crippen LogP contribution in [0.15, 0.2) is 24.3 Å². The van der Waals surface area contributed by atoms with E-state index in [1.54, 1.807) is 48.5 Å². The fourth-order valence-corrected chi connectivity index (χ4v) is 5.09. The second-order valence-corrected chi connectivity index (χ2v) is 14.3. The van der Waals surface area contributed by atoms with Gasteiger partial charge in [0.25, 0.3) is 0 Å². The fraction of sp³-hybridized carbons (Fsp3) is 0.583. The summed E-state index contributed by atoms with van der Waals surface area (Å²) in [6.45, 7) is 17.7. The predicted molar refractivity (Wildman–Crippen MR) is 198 cm³/mol. The van der Waals surface area contributed by atoms with Crippen LogP contribution >= 0.6 is 0 Å². The first-order valence-electron chi connectivity index (χ1n) is 17.4. The van der Waals surface area contributed by atoms with E-state index in [2.05, 4.69) is 21.7 Å². The Morgan fingerprint density at radius 3 is 2.23 bits per heavy atom. The van der Waals surface area contributed by atoms with Gasteiger partial charge in [0.1, 0.15) is 36.1 Å². The monoisotopic (exact) mass is 728 g/mol. The maximum absolute atomic E-state index is 13.8. The van der Waals surface area contributed by atoms with Crippen LogP contribution in [0.2, 0.25) is 0 Å². The maximum Gasteiger partial charge on any atom is 0.408 e. The zero-order chi connectivity index (χ0) is 39.4. The molecule has 1 unspecified atom stereocenters. The van der Waals surface area contributed by atoms with E-state index in [9.17, 15) is 29.1 Å². The minimum absolute atomic E-state index is 0.188. The van der Waals surface area contributed by atoms with Crippen LogP contribution in [0.1, 0.15) is 81.5 Å². The number of alkyl carbamates (subject to hydrolysis) is 1. The molecule has 288 valence electrons. The van der Waals surface area contributed by atoms with Gasteiger partial charge < -0.3 is 45.7 Å². The molecule has 0 bridgehead atoms. The number of anilines is 1. The number of aliphatic hydroxyl groups is 1. The lowest BCUT2D eigenvalue weighted by Crippen LogP contribution is -2.52. The van der Waals surface area contributed by atoms with Gasteiger partial charge in [0.2, 0.25) is 23.6 Å². The molecule has 0 aliphatic heterocycles. The molecule has 2 aromatic heterocycles. The second kappa shape index (κ2) is 19.1. The molecule has 0 fully saturated rings. The van der Waals surface area contributed by atoms with Gasteiger partial charge in [-0.05, 0) is 59.9 Å². The summed E-state index contributed by atoms with van der Waals surface area (Å²) in [5.41, 5.74) is 4.39. The normalized spacial score (nSPS) is 12.2. The van der Waals surface area contributed by atoms with Crippen LogP contribution < -0.4 is 21.7 Å². The molecular formula is C36H56N8O8. The van der Waals surface area contributed by atoms with Crippen LogP contribution in [0.4, 0.5) is 10.6 Å². The van der Waals surface area contributed by atoms with E-state index in [1.807, 2.05) is 42.7 Å². The zero-order valence-electron chi connectivity index (χ0n) is 32.1. The van der Waals surface area contributed by atoms with Crippen LogP contribution in [-0.2, 0) is 41.8 Å². The number of nitrogens with two attached hydrogens (primary N) is 1. The highest BCUT2D eigenvalue weighted by Crippen LogP contribution is 2.32. The first-order valence-corrected chi connectivity index (χ1v) is 17.4. The van der Waals surface area contributed by atoms with Gasteiger partial charge in [-0.2, -0.15) is 0 Å². The van der Waals surface area contributed by atoms with Crippen molar-refractivity contribution < 1.29 is 38.6 Å². The highest BCUT2D eigenvalue weighted by molar-refractivity contribution is 6.10. The van der Waals surface area contributed by atoms with Gasteiger partial charge in [-0.15, -0.1) is 0 Å². The number of hydrogen-bond acceptors (Lipinski definition) is 10. The van der Waals surface area contributed by atoms with E-state index in [0.717, 1.165) is 5.39 Å². The molecule has 52 heavy (non-hydrogen) atoms. The lowest BCUT2D eigenvalue weighted by atomic mass is 10.0. The summed E-state index contributed by atoms with van der Waals surface area (Å²) in [5.74, 6) is -1.39. The van der Waals surface area contributed by atoms with E-state index in [1.165, 1.54) is 11.8 Å². The van der Waals surface area contributed by atoms with Crippen molar-refractivity contribution >= 4 is 57.5 Å². The highest BCUT2D eigenvalue weighted by atomic mass is 16.6. The van der Waals surface area contributed by atoms with Gasteiger partial charge in [0.15, 0.2) is 5.82 Å². The summed E-state index contributed by atoms with van der Waals surface area (Å²) in [4.78, 5) is 72.0. The van der Waals surface area contributed by atoms with Crippen LogP contribution in [-0.4, -0.2) is 97.7 Å². The molecule has 0 aliphatic rings. The predicted octanol–water partition coefficient (Wildman–Crippen LogP) is 3.23. The lowest BCUT2D eigenvalue weighted by molar-refractivity contribution is -0.136. The number of primary amides is 1. The zero-order valence-corrected chi connectivity index (χ0v) is 32.1. The Labute approximate surface area is 305 Å². The molecule has 2 heterocycles. The van der Waals surface area contributed by atoms with E-state index < -0.39 is 41.1 Å². The van der Waals surface area contributed by atoms with Crippen molar-refractivity contribution in [2.75, 3.05) is 31.6 Å². The molecule has 0 aliphatic carbocycles. The van der Waals surface area contributed by atoms with Crippen molar-refractivity contribution in [3.63, 3.8) is 0 Å². The van der Waals surface area contributed by atoms with Crippen molar-refractivity contribution in [2.24, 2.45) is 11.7 Å². The smallest absolute Gasteiger partial charge is 0.408 e. The largest absolute Gasteiger partial charge is 0.444 e. The third-order valence-corrected chi connectivity index (χ3v) is 7.11. The van der Waals surface area contributed by atoms with Crippen LogP contribution in [0.5, 0.6) is 0 Å². The van der Waals surface area contributed by atoms with Crippen molar-refractivity contribution in [3.8, 4) is 0 Å². The second-order valence-electron chi connectivity index (χ2n) is 14.3. The Balaban J connectivity index is 0.00000222. The Hall–Kier alpha value is -4.83. The fourth-order valence-electron chi connectivity index (χ4n) is 5.09. The number of carbonyl (C=O) groups is 5. The number of benzene rings is 1. The Bertz CT molecular complexity index is 1700. The van der Waals surface area contributed by atoms with Gasteiger partial charge in [-0.25, -0.2) is 14.8 Å². The molecule has 3 rings (SSSR count). The summed E-state index contributed by atoms with van der Waals surface area (Å²) in [7, 11) is 0.